The molecular weight excluding hydrogens is 231 g/mol. The van der Waals surface area contributed by atoms with Gasteiger partial charge in [-0.3, -0.25) is 5.32 Å². The Morgan fingerprint density at radius 2 is 2.18 bits per heavy atom. The minimum Gasteiger partial charge on any atom is -0.406 e. The Kier molecular flexibility index (Phi) is 4.41. The summed E-state index contributed by atoms with van der Waals surface area (Å²) in [7, 11) is 0. The van der Waals surface area contributed by atoms with E-state index in [1.807, 2.05) is 0 Å². The Hall–Kier alpha value is -1.67. The highest BCUT2D eigenvalue weighted by Crippen LogP contribution is 2.23. The standard InChI is InChI=1S/C12H12F3NO/c1-3-9(2)16-8-10-5-4-6-11(7-10)17-12(13,14)15/h1,4-7,9,16H,8H2,2H3. The molecule has 92 valence electrons. The average Bonchev–Trinajstić information content (AvgIpc) is 2.24. The molecule has 0 saturated carbocycles. The van der Waals surface area contributed by atoms with Crippen molar-refractivity contribution in [2.75, 3.05) is 0 Å². The number of hydrogen-bond donors (Lipinski definition) is 1. The highest BCUT2D eigenvalue weighted by Gasteiger charge is 2.31. The SMILES string of the molecule is C#CC(C)NCc1cccc(OC(F)(F)F)c1. The van der Waals surface area contributed by atoms with Crippen LogP contribution >= 0.6 is 0 Å². The first-order chi connectivity index (χ1) is 7.90. The van der Waals surface area contributed by atoms with Crippen LogP contribution < -0.4 is 10.1 Å². The number of rotatable bonds is 4. The molecule has 1 aromatic rings. The van der Waals surface area contributed by atoms with Crippen LogP contribution in [-0.2, 0) is 6.54 Å². The van der Waals surface area contributed by atoms with E-state index in [1.165, 1.54) is 18.2 Å². The van der Waals surface area contributed by atoms with Crippen molar-refractivity contribution in [1.82, 2.24) is 5.32 Å². The van der Waals surface area contributed by atoms with Crippen molar-refractivity contribution in [2.45, 2.75) is 25.9 Å². The van der Waals surface area contributed by atoms with Crippen LogP contribution in [0.3, 0.4) is 0 Å². The van der Waals surface area contributed by atoms with Crippen LogP contribution in [0, 0.1) is 12.3 Å². The van der Waals surface area contributed by atoms with Gasteiger partial charge in [0.05, 0.1) is 6.04 Å². The van der Waals surface area contributed by atoms with Gasteiger partial charge in [0, 0.05) is 6.54 Å². The summed E-state index contributed by atoms with van der Waals surface area (Å²) in [5.74, 6) is 2.23. The molecule has 1 unspecified atom stereocenters. The zero-order chi connectivity index (χ0) is 12.9. The summed E-state index contributed by atoms with van der Waals surface area (Å²) in [5, 5.41) is 2.97. The second kappa shape index (κ2) is 5.60. The molecule has 0 heterocycles. The summed E-state index contributed by atoms with van der Waals surface area (Å²) in [4.78, 5) is 0. The molecular formula is C12H12F3NO. The molecule has 0 bridgehead atoms. The maximum Gasteiger partial charge on any atom is 0.573 e. The van der Waals surface area contributed by atoms with Gasteiger partial charge in [0.2, 0.25) is 0 Å². The normalized spacial score (nSPS) is 12.9. The maximum absolute atomic E-state index is 12.0. The van der Waals surface area contributed by atoms with E-state index in [9.17, 15) is 13.2 Å². The predicted octanol–water partition coefficient (Wildman–Crippen LogP) is 2.70. The molecule has 0 radical (unpaired) electrons. The molecule has 1 aromatic carbocycles. The van der Waals surface area contributed by atoms with E-state index in [0.717, 1.165) is 0 Å². The first-order valence-electron chi connectivity index (χ1n) is 4.95. The number of halogens is 3. The minimum atomic E-state index is -4.67. The molecule has 0 aliphatic carbocycles. The number of terminal acetylenes is 1. The molecule has 0 spiro atoms. The van der Waals surface area contributed by atoms with Gasteiger partial charge in [-0.05, 0) is 24.6 Å². The van der Waals surface area contributed by atoms with Gasteiger partial charge in [0.25, 0.3) is 0 Å². The van der Waals surface area contributed by atoms with Gasteiger partial charge in [0.1, 0.15) is 5.75 Å². The molecule has 0 saturated heterocycles. The Labute approximate surface area is 97.8 Å². The van der Waals surface area contributed by atoms with E-state index < -0.39 is 6.36 Å². The largest absolute Gasteiger partial charge is 0.573 e. The van der Waals surface area contributed by atoms with Gasteiger partial charge in [-0.1, -0.05) is 18.1 Å². The lowest BCUT2D eigenvalue weighted by atomic mass is 10.2. The van der Waals surface area contributed by atoms with Gasteiger partial charge >= 0.3 is 6.36 Å². The molecule has 0 aliphatic rings. The van der Waals surface area contributed by atoms with Crippen molar-refractivity contribution in [3.63, 3.8) is 0 Å². The Bertz CT molecular complexity index is 409. The van der Waals surface area contributed by atoms with Crippen molar-refractivity contribution in [3.05, 3.63) is 29.8 Å². The Morgan fingerprint density at radius 1 is 1.47 bits per heavy atom. The summed E-state index contributed by atoms with van der Waals surface area (Å²) in [6, 6.07) is 5.63. The fraction of sp³-hybridized carbons (Fsp3) is 0.333. The second-order valence-corrected chi connectivity index (χ2v) is 3.46. The van der Waals surface area contributed by atoms with Crippen LogP contribution in [0.1, 0.15) is 12.5 Å². The van der Waals surface area contributed by atoms with E-state index in [-0.39, 0.29) is 11.8 Å². The molecule has 0 aromatic heterocycles. The molecule has 0 amide bonds. The van der Waals surface area contributed by atoms with E-state index >= 15 is 0 Å². The monoisotopic (exact) mass is 243 g/mol. The van der Waals surface area contributed by atoms with Gasteiger partial charge in [-0.2, -0.15) is 0 Å². The second-order valence-electron chi connectivity index (χ2n) is 3.46. The fourth-order valence-corrected chi connectivity index (χ4v) is 1.18. The van der Waals surface area contributed by atoms with Crippen LogP contribution in [0.15, 0.2) is 24.3 Å². The highest BCUT2D eigenvalue weighted by atomic mass is 19.4. The minimum absolute atomic E-state index is 0.137. The van der Waals surface area contributed by atoms with Crippen LogP contribution in [0.4, 0.5) is 13.2 Å². The van der Waals surface area contributed by atoms with Crippen LogP contribution in [-0.4, -0.2) is 12.4 Å². The quantitative estimate of drug-likeness (QED) is 0.821. The zero-order valence-electron chi connectivity index (χ0n) is 9.21. The molecule has 0 aliphatic heterocycles. The number of hydrogen-bond acceptors (Lipinski definition) is 2. The highest BCUT2D eigenvalue weighted by molar-refractivity contribution is 5.28. The molecule has 1 N–H and O–H groups in total. The third-order valence-corrected chi connectivity index (χ3v) is 1.99. The van der Waals surface area contributed by atoms with Gasteiger partial charge in [0.15, 0.2) is 0 Å². The number of benzene rings is 1. The molecule has 1 rings (SSSR count). The summed E-state index contributed by atoms with van der Waals surface area (Å²) in [6.07, 6.45) is 0.495. The van der Waals surface area contributed by atoms with Crippen molar-refractivity contribution >= 4 is 0 Å². The van der Waals surface area contributed by atoms with Crippen molar-refractivity contribution in [1.29, 1.82) is 0 Å². The van der Waals surface area contributed by atoms with Crippen LogP contribution in [0.2, 0.25) is 0 Å². The summed E-state index contributed by atoms with van der Waals surface area (Å²) < 4.78 is 39.7. The average molecular weight is 243 g/mol. The zero-order valence-corrected chi connectivity index (χ0v) is 9.21. The predicted molar refractivity (Wildman–Crippen MR) is 58.3 cm³/mol. The summed E-state index contributed by atoms with van der Waals surface area (Å²) >= 11 is 0. The van der Waals surface area contributed by atoms with E-state index in [0.29, 0.717) is 12.1 Å². The van der Waals surface area contributed by atoms with Crippen molar-refractivity contribution < 1.29 is 17.9 Å². The van der Waals surface area contributed by atoms with Gasteiger partial charge < -0.3 is 4.74 Å². The number of ether oxygens (including phenoxy) is 1. The Morgan fingerprint density at radius 3 is 2.76 bits per heavy atom. The number of alkyl halides is 3. The molecule has 1 atom stereocenters. The first-order valence-corrected chi connectivity index (χ1v) is 4.95. The van der Waals surface area contributed by atoms with Gasteiger partial charge in [-0.15, -0.1) is 19.6 Å². The van der Waals surface area contributed by atoms with Crippen LogP contribution in [0.25, 0.3) is 0 Å². The third kappa shape index (κ3) is 5.27. The Balaban J connectivity index is 2.64. The molecule has 17 heavy (non-hydrogen) atoms. The van der Waals surface area contributed by atoms with Gasteiger partial charge in [-0.25, -0.2) is 0 Å². The van der Waals surface area contributed by atoms with Crippen molar-refractivity contribution in [2.24, 2.45) is 0 Å². The third-order valence-electron chi connectivity index (χ3n) is 1.99. The number of nitrogens with one attached hydrogen (secondary N) is 1. The lowest BCUT2D eigenvalue weighted by Crippen LogP contribution is -2.23. The topological polar surface area (TPSA) is 21.3 Å². The van der Waals surface area contributed by atoms with E-state index in [4.69, 9.17) is 6.42 Å². The maximum atomic E-state index is 12.0. The van der Waals surface area contributed by atoms with E-state index in [2.05, 4.69) is 16.0 Å². The molecule has 0 fully saturated rings. The molecule has 2 nitrogen and oxygen atoms in total. The first kappa shape index (κ1) is 13.4. The lowest BCUT2D eigenvalue weighted by Gasteiger charge is -2.11. The summed E-state index contributed by atoms with van der Waals surface area (Å²) in [6.45, 7) is 2.18. The lowest BCUT2D eigenvalue weighted by molar-refractivity contribution is -0.274. The fourth-order valence-electron chi connectivity index (χ4n) is 1.18. The van der Waals surface area contributed by atoms with E-state index in [1.54, 1.807) is 13.0 Å². The molecule has 5 heteroatoms. The van der Waals surface area contributed by atoms with Crippen molar-refractivity contribution in [3.8, 4) is 18.1 Å². The summed E-state index contributed by atoms with van der Waals surface area (Å²) in [5.41, 5.74) is 0.675. The smallest absolute Gasteiger partial charge is 0.406 e. The van der Waals surface area contributed by atoms with Crippen LogP contribution in [0.5, 0.6) is 5.75 Å².